The minimum Gasteiger partial charge on any atom is -0.0795 e. The van der Waals surface area contributed by atoms with Crippen LogP contribution in [0.5, 0.6) is 0 Å². The summed E-state index contributed by atoms with van der Waals surface area (Å²) in [6, 6.07) is 23.7. The quantitative estimate of drug-likeness (QED) is 0.589. The van der Waals surface area contributed by atoms with Crippen LogP contribution in [0.1, 0.15) is 16.7 Å². The van der Waals surface area contributed by atoms with Gasteiger partial charge in [-0.1, -0.05) is 84.4 Å². The summed E-state index contributed by atoms with van der Waals surface area (Å²) < 4.78 is 0. The first kappa shape index (κ1) is 12.7. The molecule has 3 aromatic carbocycles. The van der Waals surface area contributed by atoms with Crippen LogP contribution in [0.25, 0.3) is 16.8 Å². The van der Waals surface area contributed by atoms with Gasteiger partial charge in [0, 0.05) is 0 Å². The van der Waals surface area contributed by atoms with E-state index in [4.69, 9.17) is 0 Å². The van der Waals surface area contributed by atoms with Crippen LogP contribution in [0.3, 0.4) is 0 Å². The molecule has 0 aliphatic rings. The van der Waals surface area contributed by atoms with Crippen molar-refractivity contribution in [2.45, 2.75) is 13.3 Å². The molecule has 0 atom stereocenters. The van der Waals surface area contributed by atoms with Gasteiger partial charge >= 0.3 is 0 Å². The van der Waals surface area contributed by atoms with Crippen molar-refractivity contribution in [3.8, 4) is 0 Å². The van der Waals surface area contributed by atoms with Crippen molar-refractivity contribution in [3.05, 3.63) is 89.5 Å². The molecule has 3 rings (SSSR count). The van der Waals surface area contributed by atoms with E-state index in [-0.39, 0.29) is 0 Å². The Morgan fingerprint density at radius 2 is 1.55 bits per heavy atom. The summed E-state index contributed by atoms with van der Waals surface area (Å²) in [5.41, 5.74) is 3.95. The number of rotatable bonds is 3. The van der Waals surface area contributed by atoms with Crippen LogP contribution in [-0.4, -0.2) is 0 Å². The molecule has 3 aromatic rings. The van der Waals surface area contributed by atoms with E-state index in [0.29, 0.717) is 0 Å². The second kappa shape index (κ2) is 5.75. The molecule has 20 heavy (non-hydrogen) atoms. The first-order valence-corrected chi connectivity index (χ1v) is 7.03. The molecule has 98 valence electrons. The highest BCUT2D eigenvalue weighted by Gasteiger charge is 1.96. The lowest BCUT2D eigenvalue weighted by molar-refractivity contribution is 1.26. The molecule has 0 N–H and O–H groups in total. The molecule has 0 bridgehead atoms. The van der Waals surface area contributed by atoms with Crippen molar-refractivity contribution >= 4 is 16.8 Å². The van der Waals surface area contributed by atoms with Gasteiger partial charge in [-0.15, -0.1) is 0 Å². The van der Waals surface area contributed by atoms with Gasteiger partial charge in [0.1, 0.15) is 0 Å². The highest BCUT2D eigenvalue weighted by atomic mass is 14.0. The topological polar surface area (TPSA) is 0 Å². The van der Waals surface area contributed by atoms with Crippen LogP contribution >= 0.6 is 0 Å². The molecule has 0 fully saturated rings. The van der Waals surface area contributed by atoms with Gasteiger partial charge in [-0.2, -0.15) is 0 Å². The van der Waals surface area contributed by atoms with Crippen molar-refractivity contribution in [2.75, 3.05) is 0 Å². The second-order valence-electron chi connectivity index (χ2n) is 5.16. The van der Waals surface area contributed by atoms with Crippen LogP contribution in [-0.2, 0) is 6.42 Å². The van der Waals surface area contributed by atoms with Crippen LogP contribution in [0.15, 0.2) is 72.8 Å². The van der Waals surface area contributed by atoms with Crippen LogP contribution in [0.2, 0.25) is 0 Å². The van der Waals surface area contributed by atoms with Gasteiger partial charge in [-0.3, -0.25) is 0 Å². The maximum Gasteiger partial charge on any atom is -0.00941 e. The normalized spacial score (nSPS) is 11.2. The van der Waals surface area contributed by atoms with Crippen molar-refractivity contribution < 1.29 is 0 Å². The van der Waals surface area contributed by atoms with Crippen LogP contribution in [0, 0.1) is 6.92 Å². The molecule has 0 saturated carbocycles. The standard InChI is InChI=1S/C20H18/c1-16-12-14-17(15-13-16)6-4-8-19-10-5-9-18-7-2-3-11-20(18)19/h2-5,7-15H,6H2,1H3/b8-4+. The van der Waals surface area contributed by atoms with Gasteiger partial charge in [0.15, 0.2) is 0 Å². The molecule has 0 heterocycles. The minimum absolute atomic E-state index is 0.976. The van der Waals surface area contributed by atoms with Crippen molar-refractivity contribution in [3.63, 3.8) is 0 Å². The summed E-state index contributed by atoms with van der Waals surface area (Å²) in [5.74, 6) is 0. The largest absolute Gasteiger partial charge is 0.0795 e. The SMILES string of the molecule is Cc1ccc(C/C=C/c2cccc3ccccc23)cc1. The summed E-state index contributed by atoms with van der Waals surface area (Å²) in [5, 5.41) is 2.61. The van der Waals surface area contributed by atoms with E-state index in [1.165, 1.54) is 27.5 Å². The summed E-state index contributed by atoms with van der Waals surface area (Å²) in [6.07, 6.45) is 5.44. The number of hydrogen-bond acceptors (Lipinski definition) is 0. The predicted octanol–water partition coefficient (Wildman–Crippen LogP) is 5.40. The van der Waals surface area contributed by atoms with E-state index in [2.05, 4.69) is 85.8 Å². The van der Waals surface area contributed by atoms with E-state index in [1.807, 2.05) is 0 Å². The molecular formula is C20H18. The summed E-state index contributed by atoms with van der Waals surface area (Å²) in [4.78, 5) is 0. The van der Waals surface area contributed by atoms with Gasteiger partial charge in [-0.05, 0) is 35.2 Å². The lowest BCUT2D eigenvalue weighted by Gasteiger charge is -2.02. The highest BCUT2D eigenvalue weighted by molar-refractivity contribution is 5.90. The van der Waals surface area contributed by atoms with Gasteiger partial charge in [0.25, 0.3) is 0 Å². The van der Waals surface area contributed by atoms with Gasteiger partial charge < -0.3 is 0 Å². The average molecular weight is 258 g/mol. The Morgan fingerprint density at radius 3 is 2.40 bits per heavy atom. The summed E-state index contributed by atoms with van der Waals surface area (Å²) >= 11 is 0. The zero-order valence-electron chi connectivity index (χ0n) is 11.7. The van der Waals surface area contributed by atoms with Crippen molar-refractivity contribution in [1.82, 2.24) is 0 Å². The number of hydrogen-bond donors (Lipinski definition) is 0. The van der Waals surface area contributed by atoms with E-state index in [9.17, 15) is 0 Å². The first-order chi connectivity index (χ1) is 9.83. The fraction of sp³-hybridized carbons (Fsp3) is 0.100. The average Bonchev–Trinajstić information content (AvgIpc) is 2.49. The monoisotopic (exact) mass is 258 g/mol. The van der Waals surface area contributed by atoms with Crippen molar-refractivity contribution in [1.29, 1.82) is 0 Å². The Labute approximate surface area is 120 Å². The van der Waals surface area contributed by atoms with Crippen molar-refractivity contribution in [2.24, 2.45) is 0 Å². The van der Waals surface area contributed by atoms with E-state index in [1.54, 1.807) is 0 Å². The second-order valence-corrected chi connectivity index (χ2v) is 5.16. The molecule has 0 unspecified atom stereocenters. The third kappa shape index (κ3) is 2.80. The molecule has 0 amide bonds. The van der Waals surface area contributed by atoms with Gasteiger partial charge in [0.05, 0.1) is 0 Å². The van der Waals surface area contributed by atoms with Crippen LogP contribution in [0.4, 0.5) is 0 Å². The fourth-order valence-corrected chi connectivity index (χ4v) is 2.44. The van der Waals surface area contributed by atoms with E-state index in [0.717, 1.165) is 6.42 Å². The predicted molar refractivity (Wildman–Crippen MR) is 87.9 cm³/mol. The van der Waals surface area contributed by atoms with E-state index >= 15 is 0 Å². The molecule has 0 aliphatic carbocycles. The third-order valence-corrected chi connectivity index (χ3v) is 3.59. The zero-order valence-corrected chi connectivity index (χ0v) is 11.7. The molecular weight excluding hydrogens is 240 g/mol. The molecule has 0 spiro atoms. The molecule has 0 aromatic heterocycles. The Kier molecular flexibility index (Phi) is 3.64. The molecule has 0 nitrogen and oxygen atoms in total. The molecule has 0 saturated heterocycles. The number of fused-ring (bicyclic) bond motifs is 1. The lowest BCUT2D eigenvalue weighted by Crippen LogP contribution is -1.82. The zero-order chi connectivity index (χ0) is 13.8. The number of allylic oxidation sites excluding steroid dienone is 1. The maximum atomic E-state index is 2.24. The first-order valence-electron chi connectivity index (χ1n) is 7.03. The Hall–Kier alpha value is -2.34. The Balaban J connectivity index is 1.82. The summed E-state index contributed by atoms with van der Waals surface area (Å²) in [6.45, 7) is 2.12. The minimum atomic E-state index is 0.976. The fourth-order valence-electron chi connectivity index (χ4n) is 2.44. The number of aryl methyl sites for hydroxylation is 1. The number of benzene rings is 3. The summed E-state index contributed by atoms with van der Waals surface area (Å²) in [7, 11) is 0. The van der Waals surface area contributed by atoms with E-state index < -0.39 is 0 Å². The maximum absolute atomic E-state index is 2.24. The smallest absolute Gasteiger partial charge is 0.00941 e. The van der Waals surface area contributed by atoms with Crippen LogP contribution < -0.4 is 0 Å². The lowest BCUT2D eigenvalue weighted by atomic mass is 10.0. The molecule has 0 radical (unpaired) electrons. The third-order valence-electron chi connectivity index (χ3n) is 3.59. The molecule has 0 heteroatoms. The van der Waals surface area contributed by atoms with Gasteiger partial charge in [0.2, 0.25) is 0 Å². The van der Waals surface area contributed by atoms with Gasteiger partial charge in [-0.25, -0.2) is 0 Å². The Bertz CT molecular complexity index is 728. The Morgan fingerprint density at radius 1 is 0.800 bits per heavy atom. The highest BCUT2D eigenvalue weighted by Crippen LogP contribution is 2.19. The molecule has 0 aliphatic heterocycles.